The van der Waals surface area contributed by atoms with E-state index < -0.39 is 6.04 Å². The highest BCUT2D eigenvalue weighted by Crippen LogP contribution is 2.35. The lowest BCUT2D eigenvalue weighted by Crippen LogP contribution is -2.34. The van der Waals surface area contributed by atoms with Gasteiger partial charge in [-0.3, -0.25) is 0 Å². The number of hydrogen-bond acceptors (Lipinski definition) is 2. The lowest BCUT2D eigenvalue weighted by molar-refractivity contribution is 0.203. The van der Waals surface area contributed by atoms with Gasteiger partial charge in [-0.1, -0.05) is 12.1 Å². The van der Waals surface area contributed by atoms with Gasteiger partial charge in [-0.15, -0.1) is 0 Å². The molecule has 100 valence electrons. The molecular formula is C14H16FN3O. The Hall–Kier alpha value is -1.91. The van der Waals surface area contributed by atoms with E-state index in [4.69, 9.17) is 5.73 Å². The van der Waals surface area contributed by atoms with Crippen molar-refractivity contribution in [3.8, 4) is 0 Å². The standard InChI is InChI=1S/C14H16FN3O/c1-8-2-5-10(6-11(8)15)12-13(16)17-14(19)18(12)7-9-3-4-9/h2,5-6,9,12H,3-4,7H2,1H3,(H2,16,17,19). The summed E-state index contributed by atoms with van der Waals surface area (Å²) >= 11 is 0. The summed E-state index contributed by atoms with van der Waals surface area (Å²) in [6.07, 6.45) is 2.28. The Balaban J connectivity index is 1.92. The number of aliphatic imine (C=N–C) groups is 1. The number of carbonyl (C=O) groups is 1. The van der Waals surface area contributed by atoms with E-state index in [1.54, 1.807) is 17.9 Å². The van der Waals surface area contributed by atoms with Crippen LogP contribution in [0.1, 0.15) is 30.0 Å². The first-order valence-corrected chi connectivity index (χ1v) is 6.47. The number of rotatable bonds is 3. The number of amides is 2. The van der Waals surface area contributed by atoms with Crippen molar-refractivity contribution >= 4 is 11.9 Å². The monoisotopic (exact) mass is 261 g/mol. The fourth-order valence-electron chi connectivity index (χ4n) is 2.40. The minimum Gasteiger partial charge on any atom is -0.385 e. The van der Waals surface area contributed by atoms with E-state index in [0.717, 1.165) is 12.8 Å². The van der Waals surface area contributed by atoms with Gasteiger partial charge in [0.2, 0.25) is 0 Å². The highest BCUT2D eigenvalue weighted by Gasteiger charge is 2.38. The summed E-state index contributed by atoms with van der Waals surface area (Å²) < 4.78 is 13.7. The zero-order valence-corrected chi connectivity index (χ0v) is 10.8. The van der Waals surface area contributed by atoms with E-state index in [1.807, 2.05) is 6.07 Å². The number of urea groups is 1. The molecule has 2 amide bonds. The van der Waals surface area contributed by atoms with Crippen molar-refractivity contribution in [3.63, 3.8) is 0 Å². The third kappa shape index (κ3) is 2.20. The summed E-state index contributed by atoms with van der Waals surface area (Å²) in [5.74, 6) is 0.521. The van der Waals surface area contributed by atoms with E-state index in [0.29, 0.717) is 23.6 Å². The lowest BCUT2D eigenvalue weighted by atomic mass is 10.0. The zero-order valence-electron chi connectivity index (χ0n) is 10.8. The van der Waals surface area contributed by atoms with Crippen LogP contribution in [0.2, 0.25) is 0 Å². The number of halogens is 1. The predicted octanol–water partition coefficient (Wildman–Crippen LogP) is 2.38. The summed E-state index contributed by atoms with van der Waals surface area (Å²) in [5.41, 5.74) is 7.11. The van der Waals surface area contributed by atoms with Gasteiger partial charge in [0.1, 0.15) is 17.7 Å². The van der Waals surface area contributed by atoms with E-state index in [1.165, 1.54) is 6.07 Å². The largest absolute Gasteiger partial charge is 0.385 e. The average Bonchev–Trinajstić information content (AvgIpc) is 3.11. The number of nitrogens with two attached hydrogens (primary N) is 1. The van der Waals surface area contributed by atoms with E-state index >= 15 is 0 Å². The quantitative estimate of drug-likeness (QED) is 0.908. The number of aryl methyl sites for hydroxylation is 1. The topological polar surface area (TPSA) is 58.7 Å². The molecule has 1 aliphatic carbocycles. The molecular weight excluding hydrogens is 245 g/mol. The van der Waals surface area contributed by atoms with Gasteiger partial charge in [0, 0.05) is 6.54 Å². The van der Waals surface area contributed by atoms with Crippen molar-refractivity contribution in [1.82, 2.24) is 4.90 Å². The summed E-state index contributed by atoms with van der Waals surface area (Å²) in [7, 11) is 0. The third-order valence-electron chi connectivity index (χ3n) is 3.73. The van der Waals surface area contributed by atoms with Gasteiger partial charge in [0.15, 0.2) is 0 Å². The molecule has 0 spiro atoms. The molecule has 0 aromatic heterocycles. The fourth-order valence-corrected chi connectivity index (χ4v) is 2.40. The molecule has 1 aliphatic heterocycles. The van der Waals surface area contributed by atoms with Gasteiger partial charge in [-0.25, -0.2) is 9.18 Å². The Labute approximate surface area is 111 Å². The highest BCUT2D eigenvalue weighted by atomic mass is 19.1. The molecule has 4 nitrogen and oxygen atoms in total. The van der Waals surface area contributed by atoms with Crippen LogP contribution in [0.4, 0.5) is 9.18 Å². The molecule has 1 unspecified atom stereocenters. The van der Waals surface area contributed by atoms with Crippen molar-refractivity contribution < 1.29 is 9.18 Å². The van der Waals surface area contributed by atoms with E-state index in [9.17, 15) is 9.18 Å². The van der Waals surface area contributed by atoms with E-state index in [2.05, 4.69) is 4.99 Å². The number of carbonyl (C=O) groups excluding carboxylic acids is 1. The van der Waals surface area contributed by atoms with Crippen molar-refractivity contribution in [2.24, 2.45) is 16.6 Å². The Morgan fingerprint density at radius 3 is 2.84 bits per heavy atom. The number of hydrogen-bond donors (Lipinski definition) is 1. The second-order valence-electron chi connectivity index (χ2n) is 5.33. The van der Waals surface area contributed by atoms with Gasteiger partial charge in [-0.2, -0.15) is 4.99 Å². The first-order valence-electron chi connectivity index (χ1n) is 6.47. The van der Waals surface area contributed by atoms with Crippen molar-refractivity contribution in [2.45, 2.75) is 25.8 Å². The van der Waals surface area contributed by atoms with Gasteiger partial charge in [0.05, 0.1) is 0 Å². The smallest absolute Gasteiger partial charge is 0.346 e. The van der Waals surface area contributed by atoms with Crippen LogP contribution >= 0.6 is 0 Å². The van der Waals surface area contributed by atoms with Crippen LogP contribution in [0.5, 0.6) is 0 Å². The molecule has 2 N–H and O–H groups in total. The molecule has 1 saturated carbocycles. The molecule has 19 heavy (non-hydrogen) atoms. The molecule has 1 aromatic carbocycles. The number of amidine groups is 1. The van der Waals surface area contributed by atoms with Crippen LogP contribution in [0.3, 0.4) is 0 Å². The second kappa shape index (κ2) is 4.33. The molecule has 0 bridgehead atoms. The Kier molecular flexibility index (Phi) is 2.77. The first-order chi connectivity index (χ1) is 9.06. The molecule has 5 heteroatoms. The molecule has 1 atom stereocenters. The normalized spacial score (nSPS) is 22.8. The van der Waals surface area contributed by atoms with Gasteiger partial charge < -0.3 is 10.6 Å². The van der Waals surface area contributed by atoms with Gasteiger partial charge in [0.25, 0.3) is 0 Å². The first kappa shape index (κ1) is 12.1. The minimum atomic E-state index is -0.414. The highest BCUT2D eigenvalue weighted by molar-refractivity contribution is 6.03. The molecule has 3 rings (SSSR count). The molecule has 2 aliphatic rings. The fraction of sp³-hybridized carbons (Fsp3) is 0.429. The molecule has 0 radical (unpaired) electrons. The molecule has 1 aromatic rings. The van der Waals surface area contributed by atoms with Crippen LogP contribution in [-0.4, -0.2) is 23.3 Å². The lowest BCUT2D eigenvalue weighted by Gasteiger charge is -2.24. The number of nitrogens with zero attached hydrogens (tertiary/aromatic N) is 2. The average molecular weight is 261 g/mol. The summed E-state index contributed by atoms with van der Waals surface area (Å²) in [5, 5.41) is 0. The number of benzene rings is 1. The van der Waals surface area contributed by atoms with Crippen molar-refractivity contribution in [3.05, 3.63) is 35.1 Å². The zero-order chi connectivity index (χ0) is 13.6. The van der Waals surface area contributed by atoms with Crippen LogP contribution < -0.4 is 5.73 Å². The maximum atomic E-state index is 13.7. The molecule has 0 saturated heterocycles. The summed E-state index contributed by atoms with van der Waals surface area (Å²) in [4.78, 5) is 17.3. The van der Waals surface area contributed by atoms with Crippen molar-refractivity contribution in [2.75, 3.05) is 6.54 Å². The summed E-state index contributed by atoms with van der Waals surface area (Å²) in [6, 6.07) is 4.24. The molecule has 1 fully saturated rings. The predicted molar refractivity (Wildman–Crippen MR) is 70.3 cm³/mol. The summed E-state index contributed by atoms with van der Waals surface area (Å²) in [6.45, 7) is 2.36. The Morgan fingerprint density at radius 1 is 1.47 bits per heavy atom. The van der Waals surface area contributed by atoms with Gasteiger partial charge in [-0.05, 0) is 42.9 Å². The second-order valence-corrected chi connectivity index (χ2v) is 5.33. The maximum absolute atomic E-state index is 13.7. The van der Waals surface area contributed by atoms with Crippen LogP contribution in [0.25, 0.3) is 0 Å². The Bertz CT molecular complexity index is 566. The maximum Gasteiger partial charge on any atom is 0.346 e. The minimum absolute atomic E-state index is 0.258. The van der Waals surface area contributed by atoms with Crippen LogP contribution in [0, 0.1) is 18.7 Å². The van der Waals surface area contributed by atoms with Crippen LogP contribution in [-0.2, 0) is 0 Å². The van der Waals surface area contributed by atoms with Gasteiger partial charge >= 0.3 is 6.03 Å². The van der Waals surface area contributed by atoms with E-state index in [-0.39, 0.29) is 17.7 Å². The SMILES string of the molecule is Cc1ccc(C2C(N)=NC(=O)N2CC2CC2)cc1F. The van der Waals surface area contributed by atoms with Crippen molar-refractivity contribution in [1.29, 1.82) is 0 Å². The molecule has 1 heterocycles. The van der Waals surface area contributed by atoms with Crippen LogP contribution in [0.15, 0.2) is 23.2 Å². The third-order valence-corrected chi connectivity index (χ3v) is 3.73. The Morgan fingerprint density at radius 2 is 2.21 bits per heavy atom.